The van der Waals surface area contributed by atoms with Crippen LogP contribution < -0.4 is 0 Å². The van der Waals surface area contributed by atoms with Gasteiger partial charge >= 0.3 is 5.97 Å². The van der Waals surface area contributed by atoms with E-state index in [4.69, 9.17) is 16.3 Å². The summed E-state index contributed by atoms with van der Waals surface area (Å²) in [6.45, 7) is 0. The summed E-state index contributed by atoms with van der Waals surface area (Å²) in [4.78, 5) is 16.7. The van der Waals surface area contributed by atoms with Gasteiger partial charge in [-0.15, -0.1) is 0 Å². The minimum atomic E-state index is -0.797. The van der Waals surface area contributed by atoms with Crippen molar-refractivity contribution in [3.63, 3.8) is 0 Å². The number of hydrogen-bond donors (Lipinski definition) is 2. The highest BCUT2D eigenvalue weighted by Gasteiger charge is 2.33. The van der Waals surface area contributed by atoms with Gasteiger partial charge in [-0.25, -0.2) is 14.2 Å². The van der Waals surface area contributed by atoms with Crippen LogP contribution in [0.3, 0.4) is 0 Å². The molecule has 0 saturated carbocycles. The Morgan fingerprint density at radius 2 is 1.96 bits per heavy atom. The Bertz CT molecular complexity index is 1020. The van der Waals surface area contributed by atoms with Crippen molar-refractivity contribution in [1.29, 1.82) is 0 Å². The number of phenols is 1. The maximum atomic E-state index is 13.5. The third-order valence-corrected chi connectivity index (χ3v) is 5.00. The molecule has 8 heteroatoms. The normalized spacial score (nSPS) is 17.0. The van der Waals surface area contributed by atoms with Crippen LogP contribution in [-0.4, -0.2) is 28.3 Å². The molecule has 0 atom stereocenters. The first-order chi connectivity index (χ1) is 12.9. The van der Waals surface area contributed by atoms with E-state index in [0.717, 1.165) is 17.8 Å². The molecule has 0 fully saturated rings. The molecule has 0 radical (unpaired) electrons. The summed E-state index contributed by atoms with van der Waals surface area (Å²) in [5.74, 6) is -2.51. The maximum absolute atomic E-state index is 13.5. The Balaban J connectivity index is 2.10. The molecule has 0 saturated heterocycles. The molecule has 1 heterocycles. The quantitative estimate of drug-likeness (QED) is 0.703. The molecule has 2 aromatic rings. The number of methoxy groups -OCH3 is 1. The van der Waals surface area contributed by atoms with Crippen molar-refractivity contribution < 1.29 is 24.1 Å². The minimum absolute atomic E-state index is 0.135. The van der Waals surface area contributed by atoms with Crippen molar-refractivity contribution in [2.75, 3.05) is 7.11 Å². The van der Waals surface area contributed by atoms with Crippen molar-refractivity contribution in [1.82, 2.24) is 0 Å². The Labute approximate surface area is 163 Å². The molecule has 0 aliphatic carbocycles. The van der Waals surface area contributed by atoms with Gasteiger partial charge in [0.2, 0.25) is 0 Å². The first-order valence-corrected chi connectivity index (χ1v) is 8.84. The lowest BCUT2D eigenvalue weighted by atomic mass is 10.1. The summed E-state index contributed by atoms with van der Waals surface area (Å²) in [5.41, 5.74) is 0.419. The van der Waals surface area contributed by atoms with Gasteiger partial charge in [0.05, 0.1) is 22.7 Å². The first kappa shape index (κ1) is 19.0. The molecule has 138 valence electrons. The van der Waals surface area contributed by atoms with E-state index in [9.17, 15) is 19.4 Å². The smallest absolute Gasteiger partial charge is 0.344 e. The number of benzene rings is 2. The number of nitrogens with zero attached hydrogens (tertiary/aromatic N) is 1. The zero-order valence-electron chi connectivity index (χ0n) is 13.9. The second-order valence-corrected chi connectivity index (χ2v) is 6.81. The number of phenolic OH excluding ortho intramolecular Hbond substituents is 1. The number of ether oxygens (including phenoxy) is 1. The Morgan fingerprint density at radius 3 is 2.67 bits per heavy atom. The van der Waals surface area contributed by atoms with Crippen LogP contribution in [-0.2, 0) is 9.53 Å². The third kappa shape index (κ3) is 3.84. The van der Waals surface area contributed by atoms with Crippen LogP contribution in [0.25, 0.3) is 6.08 Å². The largest absolute Gasteiger partial charge is 0.506 e. The van der Waals surface area contributed by atoms with E-state index >= 15 is 0 Å². The number of rotatable bonds is 3. The molecule has 5 nitrogen and oxygen atoms in total. The molecule has 3 rings (SSSR count). The SMILES string of the molecule is COC(=O)C1=C(O)/C(=C\c2cccc(F)c2O)SC1=Nc1ccccc1Cl. The Kier molecular flexibility index (Phi) is 5.53. The summed E-state index contributed by atoms with van der Waals surface area (Å²) in [5, 5.41) is 20.9. The van der Waals surface area contributed by atoms with Crippen LogP contribution in [0.15, 0.2) is 63.7 Å². The Morgan fingerprint density at radius 1 is 1.22 bits per heavy atom. The zero-order valence-corrected chi connectivity index (χ0v) is 15.5. The van der Waals surface area contributed by atoms with Crippen molar-refractivity contribution in [2.45, 2.75) is 0 Å². The fourth-order valence-corrected chi connectivity index (χ4v) is 3.53. The Hall–Kier alpha value is -2.77. The van der Waals surface area contributed by atoms with Gasteiger partial charge < -0.3 is 14.9 Å². The molecule has 0 amide bonds. The highest BCUT2D eigenvalue weighted by atomic mass is 35.5. The number of halogens is 2. The fourth-order valence-electron chi connectivity index (χ4n) is 2.33. The van der Waals surface area contributed by atoms with Gasteiger partial charge in [0.15, 0.2) is 11.6 Å². The van der Waals surface area contributed by atoms with Crippen molar-refractivity contribution >= 4 is 46.1 Å². The van der Waals surface area contributed by atoms with Crippen molar-refractivity contribution in [3.05, 3.63) is 75.1 Å². The second-order valence-electron chi connectivity index (χ2n) is 5.37. The standard InChI is InChI=1S/C19H13ClFNO4S/c1-26-19(25)15-17(24)14(9-10-5-4-7-12(21)16(10)23)27-18(15)22-13-8-3-2-6-11(13)20/h2-9,23-24H,1H3/b14-9+,22-18?. The number of aliphatic hydroxyl groups is 1. The first-order valence-electron chi connectivity index (χ1n) is 7.65. The van der Waals surface area contributed by atoms with Crippen LogP contribution in [0.1, 0.15) is 5.56 Å². The molecule has 0 unspecified atom stereocenters. The van der Waals surface area contributed by atoms with E-state index in [0.29, 0.717) is 10.7 Å². The van der Waals surface area contributed by atoms with Gasteiger partial charge in [-0.1, -0.05) is 47.6 Å². The van der Waals surface area contributed by atoms with Gasteiger partial charge in [0.1, 0.15) is 16.4 Å². The fraction of sp³-hybridized carbons (Fsp3) is 0.0526. The van der Waals surface area contributed by atoms with Crippen LogP contribution in [0.4, 0.5) is 10.1 Å². The number of aliphatic imine (C=N–C) groups is 1. The number of hydrogen-bond acceptors (Lipinski definition) is 6. The lowest BCUT2D eigenvalue weighted by molar-refractivity contribution is -0.135. The van der Waals surface area contributed by atoms with E-state index in [-0.39, 0.29) is 26.8 Å². The number of aliphatic hydroxyl groups excluding tert-OH is 1. The maximum Gasteiger partial charge on any atom is 0.344 e. The third-order valence-electron chi connectivity index (χ3n) is 3.66. The van der Waals surface area contributed by atoms with Gasteiger partial charge in [0, 0.05) is 5.56 Å². The molecule has 1 aliphatic rings. The molecule has 1 aliphatic heterocycles. The summed E-state index contributed by atoms with van der Waals surface area (Å²) in [6.07, 6.45) is 1.36. The summed E-state index contributed by atoms with van der Waals surface area (Å²) >= 11 is 7.08. The van der Waals surface area contributed by atoms with Gasteiger partial charge in [-0.2, -0.15) is 0 Å². The molecule has 2 N–H and O–H groups in total. The monoisotopic (exact) mass is 405 g/mol. The number of para-hydroxylation sites is 2. The highest BCUT2D eigenvalue weighted by Crippen LogP contribution is 2.41. The minimum Gasteiger partial charge on any atom is -0.506 e. The zero-order chi connectivity index (χ0) is 19.6. The molecular weight excluding hydrogens is 393 g/mol. The topological polar surface area (TPSA) is 79.1 Å². The highest BCUT2D eigenvalue weighted by molar-refractivity contribution is 8.18. The number of aromatic hydroxyl groups is 1. The van der Waals surface area contributed by atoms with Gasteiger partial charge in [-0.3, -0.25) is 0 Å². The van der Waals surface area contributed by atoms with Crippen LogP contribution in [0.5, 0.6) is 5.75 Å². The number of carbonyl (C=O) groups excluding carboxylic acids is 1. The van der Waals surface area contributed by atoms with E-state index in [2.05, 4.69) is 4.99 Å². The van der Waals surface area contributed by atoms with E-state index in [1.54, 1.807) is 24.3 Å². The van der Waals surface area contributed by atoms with E-state index in [1.807, 2.05) is 0 Å². The molecule has 2 aromatic carbocycles. The lowest BCUT2D eigenvalue weighted by Crippen LogP contribution is -2.10. The van der Waals surface area contributed by atoms with E-state index < -0.39 is 17.5 Å². The summed E-state index contributed by atoms with van der Waals surface area (Å²) < 4.78 is 18.3. The second kappa shape index (κ2) is 7.85. The van der Waals surface area contributed by atoms with Crippen molar-refractivity contribution in [2.24, 2.45) is 4.99 Å². The van der Waals surface area contributed by atoms with Crippen molar-refractivity contribution in [3.8, 4) is 5.75 Å². The van der Waals surface area contributed by atoms with Gasteiger partial charge in [0.25, 0.3) is 0 Å². The van der Waals surface area contributed by atoms with E-state index in [1.165, 1.54) is 25.3 Å². The average Bonchev–Trinajstić information content (AvgIpc) is 2.95. The lowest BCUT2D eigenvalue weighted by Gasteiger charge is -2.03. The summed E-state index contributed by atoms with van der Waals surface area (Å²) in [7, 11) is 1.18. The predicted molar refractivity (Wildman–Crippen MR) is 104 cm³/mol. The molecule has 0 aromatic heterocycles. The molecule has 0 bridgehead atoms. The number of carbonyl (C=O) groups is 1. The van der Waals surface area contributed by atoms with Crippen LogP contribution >= 0.6 is 23.4 Å². The molecule has 27 heavy (non-hydrogen) atoms. The van der Waals surface area contributed by atoms with Crippen LogP contribution in [0, 0.1) is 5.82 Å². The number of esters is 1. The predicted octanol–water partition coefficient (Wildman–Crippen LogP) is 4.99. The average molecular weight is 406 g/mol. The van der Waals surface area contributed by atoms with Gasteiger partial charge in [-0.05, 0) is 24.3 Å². The molecule has 0 spiro atoms. The van der Waals surface area contributed by atoms with Crippen LogP contribution in [0.2, 0.25) is 5.02 Å². The number of thioether (sulfide) groups is 1. The summed E-state index contributed by atoms with van der Waals surface area (Å²) in [6, 6.07) is 10.8. The molecular formula is C19H13ClFNO4S.